The number of fused-ring (bicyclic) bond motifs is 1. The zero-order chi connectivity index (χ0) is 29.8. The summed E-state index contributed by atoms with van der Waals surface area (Å²) in [5, 5.41) is 4.64. The zero-order valence-corrected chi connectivity index (χ0v) is 22.6. The average Bonchev–Trinajstić information content (AvgIpc) is 3.59. The summed E-state index contributed by atoms with van der Waals surface area (Å²) in [5.41, 5.74) is 8.04. The number of hydrogen-bond donors (Lipinski definition) is 3. The van der Waals surface area contributed by atoms with Crippen LogP contribution in [-0.4, -0.2) is 48.1 Å². The number of nitrogen functional groups attached to an aromatic ring is 1. The maximum absolute atomic E-state index is 12.0. The quantitative estimate of drug-likeness (QED) is 0.254. The van der Waals surface area contributed by atoms with E-state index in [-0.39, 0.29) is 5.91 Å². The lowest BCUT2D eigenvalue weighted by molar-refractivity contribution is -0.120. The third kappa shape index (κ3) is 7.91. The van der Waals surface area contributed by atoms with E-state index in [4.69, 9.17) is 14.9 Å². The molecule has 0 aliphatic carbocycles. The molecule has 11 nitrogen and oxygen atoms in total. The van der Waals surface area contributed by atoms with Crippen molar-refractivity contribution in [1.29, 1.82) is 0 Å². The van der Waals surface area contributed by atoms with Crippen LogP contribution in [0.25, 0.3) is 0 Å². The number of halogens is 1. The number of nitrogens with two attached hydrogens (primary N) is 1. The van der Waals surface area contributed by atoms with Gasteiger partial charge in [0.2, 0.25) is 0 Å². The molecule has 0 radical (unpaired) electrons. The molecule has 0 spiro atoms. The van der Waals surface area contributed by atoms with E-state index in [1.807, 2.05) is 19.1 Å². The minimum Gasteiger partial charge on any atom is -0.497 e. The monoisotopic (exact) mass is 550 g/mol. The first-order valence-corrected chi connectivity index (χ1v) is 12.0. The summed E-state index contributed by atoms with van der Waals surface area (Å²) in [4.78, 5) is 43.3. The second kappa shape index (κ2) is 14.7. The van der Waals surface area contributed by atoms with Crippen LogP contribution in [0.2, 0.25) is 0 Å². The van der Waals surface area contributed by atoms with E-state index in [9.17, 15) is 18.8 Å². The number of pyridine rings is 1. The maximum atomic E-state index is 12.0. The summed E-state index contributed by atoms with van der Waals surface area (Å²) in [6.45, 7) is 4.44. The molecule has 2 aliphatic rings. The minimum absolute atomic E-state index is 0.0777. The van der Waals surface area contributed by atoms with Crippen molar-refractivity contribution in [3.05, 3.63) is 71.2 Å². The molecule has 12 heteroatoms. The van der Waals surface area contributed by atoms with Gasteiger partial charge in [-0.1, -0.05) is 13.0 Å². The molecule has 1 fully saturated rings. The lowest BCUT2D eigenvalue weighted by Gasteiger charge is -2.04. The van der Waals surface area contributed by atoms with Crippen molar-refractivity contribution >= 4 is 35.4 Å². The molecule has 0 bridgehead atoms. The van der Waals surface area contributed by atoms with Crippen molar-refractivity contribution in [2.75, 3.05) is 19.9 Å². The number of imide groups is 1. The number of nitrogens with one attached hydrogen (secondary N) is 2. The molecule has 5 rings (SSSR count). The van der Waals surface area contributed by atoms with Gasteiger partial charge in [0.15, 0.2) is 6.04 Å². The number of terminal acetylenes is 1. The molecular formula is C28H31FN6O5. The number of methoxy groups -OCH3 is 1. The van der Waals surface area contributed by atoms with Gasteiger partial charge in [-0.3, -0.25) is 24.9 Å². The number of carbonyl (C=O) groups excluding carboxylic acids is 3. The Labute approximate surface area is 231 Å². The van der Waals surface area contributed by atoms with E-state index in [1.165, 1.54) is 12.3 Å². The molecule has 2 aliphatic heterocycles. The normalized spacial score (nSPS) is 15.0. The van der Waals surface area contributed by atoms with Crippen LogP contribution in [0.1, 0.15) is 47.3 Å². The number of anilines is 1. The van der Waals surface area contributed by atoms with E-state index in [0.717, 1.165) is 23.1 Å². The fourth-order valence-electron chi connectivity index (χ4n) is 3.68. The lowest BCUT2D eigenvalue weighted by atomic mass is 10.1. The molecule has 1 atom stereocenters. The lowest BCUT2D eigenvalue weighted by Crippen LogP contribution is -2.22. The second-order valence-corrected chi connectivity index (χ2v) is 8.21. The number of ether oxygens (including phenoxy) is 1. The number of amides is 4. The SMILES string of the molecule is C#C.CC=Nc1cc(C2NC(=O)NC2=O)oc1CC.COc1ccc2c(c1)C(=O)N(C)C2.Nc1cncc(F)c1. The summed E-state index contributed by atoms with van der Waals surface area (Å²) in [7, 11) is 3.40. The molecule has 4 N–H and O–H groups in total. The van der Waals surface area contributed by atoms with E-state index in [2.05, 4.69) is 33.5 Å². The van der Waals surface area contributed by atoms with Gasteiger partial charge in [-0.2, -0.15) is 0 Å². The molecule has 210 valence electrons. The van der Waals surface area contributed by atoms with Gasteiger partial charge >= 0.3 is 6.03 Å². The predicted molar refractivity (Wildman–Crippen MR) is 149 cm³/mol. The van der Waals surface area contributed by atoms with Crippen molar-refractivity contribution in [3.8, 4) is 18.6 Å². The summed E-state index contributed by atoms with van der Waals surface area (Å²) in [5.74, 6) is 1.12. The highest BCUT2D eigenvalue weighted by atomic mass is 19.1. The van der Waals surface area contributed by atoms with Crippen LogP contribution in [0.4, 0.5) is 20.6 Å². The Morgan fingerprint density at radius 2 is 1.98 bits per heavy atom. The predicted octanol–water partition coefficient (Wildman–Crippen LogP) is 3.78. The fraction of sp³-hybridized carbons (Fsp3) is 0.250. The van der Waals surface area contributed by atoms with Gasteiger partial charge in [-0.15, -0.1) is 12.8 Å². The Hall–Kier alpha value is -5.18. The largest absolute Gasteiger partial charge is 0.497 e. The molecule has 4 heterocycles. The van der Waals surface area contributed by atoms with Gasteiger partial charge < -0.3 is 25.1 Å². The third-order valence-corrected chi connectivity index (χ3v) is 5.48. The smallest absolute Gasteiger partial charge is 0.322 e. The van der Waals surface area contributed by atoms with E-state index < -0.39 is 23.8 Å². The number of benzene rings is 1. The Kier molecular flexibility index (Phi) is 11.4. The first-order chi connectivity index (χ1) is 19.2. The Morgan fingerprint density at radius 1 is 1.25 bits per heavy atom. The number of aromatic nitrogens is 1. The molecule has 4 amide bonds. The van der Waals surface area contributed by atoms with Crippen molar-refractivity contribution < 1.29 is 27.9 Å². The highest BCUT2D eigenvalue weighted by Gasteiger charge is 2.34. The Morgan fingerprint density at radius 3 is 2.50 bits per heavy atom. The summed E-state index contributed by atoms with van der Waals surface area (Å²) >= 11 is 0. The molecule has 40 heavy (non-hydrogen) atoms. The number of urea groups is 1. The van der Waals surface area contributed by atoms with Crippen LogP contribution in [0.3, 0.4) is 0 Å². The van der Waals surface area contributed by atoms with E-state index >= 15 is 0 Å². The van der Waals surface area contributed by atoms with E-state index in [0.29, 0.717) is 35.9 Å². The van der Waals surface area contributed by atoms with Crippen molar-refractivity contribution in [2.24, 2.45) is 4.99 Å². The zero-order valence-electron chi connectivity index (χ0n) is 22.6. The highest BCUT2D eigenvalue weighted by molar-refractivity contribution is 6.04. The Balaban J connectivity index is 0.000000216. The van der Waals surface area contributed by atoms with Gasteiger partial charge in [0.25, 0.3) is 11.8 Å². The van der Waals surface area contributed by atoms with Crippen LogP contribution in [-0.2, 0) is 17.8 Å². The van der Waals surface area contributed by atoms with Crippen LogP contribution in [0, 0.1) is 18.7 Å². The number of aliphatic imine (C=N–C) groups is 1. The summed E-state index contributed by atoms with van der Waals surface area (Å²) < 4.78 is 22.6. The molecule has 1 saturated heterocycles. The number of rotatable bonds is 4. The van der Waals surface area contributed by atoms with Gasteiger partial charge in [0, 0.05) is 44.1 Å². The van der Waals surface area contributed by atoms with Crippen LogP contribution >= 0.6 is 0 Å². The average molecular weight is 551 g/mol. The van der Waals surface area contributed by atoms with Crippen molar-refractivity contribution in [1.82, 2.24) is 20.5 Å². The van der Waals surface area contributed by atoms with E-state index in [1.54, 1.807) is 44.3 Å². The number of furan rings is 1. The van der Waals surface area contributed by atoms with Gasteiger partial charge in [0.1, 0.15) is 28.8 Å². The molecule has 0 saturated carbocycles. The molecule has 1 unspecified atom stereocenters. The number of nitrogens with zero attached hydrogens (tertiary/aromatic N) is 3. The topological polar surface area (TPSA) is 152 Å². The van der Waals surface area contributed by atoms with Crippen LogP contribution in [0.15, 0.2) is 52.1 Å². The summed E-state index contributed by atoms with van der Waals surface area (Å²) in [6.07, 6.45) is 12.8. The second-order valence-electron chi connectivity index (χ2n) is 8.21. The van der Waals surface area contributed by atoms with Crippen LogP contribution < -0.4 is 21.1 Å². The number of hydrogen-bond acceptors (Lipinski definition) is 8. The molecule has 3 aromatic rings. The van der Waals surface area contributed by atoms with Crippen LogP contribution in [0.5, 0.6) is 5.75 Å². The maximum Gasteiger partial charge on any atom is 0.322 e. The summed E-state index contributed by atoms with van der Waals surface area (Å²) in [6, 6.07) is 7.24. The van der Waals surface area contributed by atoms with Gasteiger partial charge in [0.05, 0.1) is 19.0 Å². The number of aryl methyl sites for hydroxylation is 1. The fourth-order valence-corrected chi connectivity index (χ4v) is 3.68. The molecule has 1 aromatic carbocycles. The van der Waals surface area contributed by atoms with Gasteiger partial charge in [-0.25, -0.2) is 9.18 Å². The first-order valence-electron chi connectivity index (χ1n) is 12.0. The van der Waals surface area contributed by atoms with Crippen molar-refractivity contribution in [3.63, 3.8) is 0 Å². The standard InChI is InChI=1S/C11H13N3O3.C10H11NO2.C5H5FN2.C2H2/c1-3-7-6(12-4-2)5-8(17-7)9-10(15)14-11(16)13-9;1-11-6-7-3-4-8(13-2)5-9(7)10(11)12;6-4-1-5(7)3-8-2-4;1-2/h4-5,9H,3H2,1-2H3,(H2,13,14,15,16);3-5H,6H2,1-2H3;1-3H,7H2;1-2H. The van der Waals surface area contributed by atoms with Gasteiger partial charge in [-0.05, 0) is 30.7 Å². The molecule has 2 aromatic heterocycles. The minimum atomic E-state index is -0.756. The first kappa shape index (κ1) is 31.0. The number of carbonyl (C=O) groups is 3. The van der Waals surface area contributed by atoms with Crippen molar-refractivity contribution in [2.45, 2.75) is 32.9 Å². The third-order valence-electron chi connectivity index (χ3n) is 5.48. The highest BCUT2D eigenvalue weighted by Crippen LogP contribution is 2.29. The molecular weight excluding hydrogens is 519 g/mol. The Bertz CT molecular complexity index is 1380.